The van der Waals surface area contributed by atoms with Gasteiger partial charge in [-0.15, -0.1) is 11.8 Å². The number of thioether (sulfide) groups is 1. The maximum atomic E-state index is 13.2. The van der Waals surface area contributed by atoms with Crippen LogP contribution in [0.15, 0.2) is 35.2 Å². The summed E-state index contributed by atoms with van der Waals surface area (Å²) in [5, 5.41) is 9.11. The molecule has 0 radical (unpaired) electrons. The Hall–Kier alpha value is -1.49. The fourth-order valence-electron chi connectivity index (χ4n) is 3.64. The molecule has 1 saturated heterocycles. The molecule has 1 aliphatic heterocycles. The monoisotopic (exact) mass is 333 g/mol. The minimum absolute atomic E-state index is 0.215. The number of hydrogen-bond acceptors (Lipinski definition) is 3. The van der Waals surface area contributed by atoms with Crippen molar-refractivity contribution >= 4 is 23.6 Å². The van der Waals surface area contributed by atoms with Gasteiger partial charge in [-0.25, -0.2) is 0 Å². The van der Waals surface area contributed by atoms with Crippen molar-refractivity contribution in [2.24, 2.45) is 5.92 Å². The third kappa shape index (κ3) is 3.55. The number of piperidine rings is 1. The molecule has 0 bridgehead atoms. The molecule has 124 valence electrons. The molecule has 4 nitrogen and oxygen atoms in total. The maximum absolute atomic E-state index is 13.2. The smallest absolute Gasteiger partial charge is 0.306 e. The Labute approximate surface area is 141 Å². The highest BCUT2D eigenvalue weighted by Crippen LogP contribution is 2.46. The molecule has 1 amide bonds. The summed E-state index contributed by atoms with van der Waals surface area (Å²) in [7, 11) is 0. The summed E-state index contributed by atoms with van der Waals surface area (Å²) in [6, 6.07) is 10.1. The van der Waals surface area contributed by atoms with E-state index in [9.17, 15) is 9.59 Å². The van der Waals surface area contributed by atoms with Gasteiger partial charge in [-0.05, 0) is 37.8 Å². The number of amides is 1. The highest BCUT2D eigenvalue weighted by atomic mass is 32.2. The van der Waals surface area contributed by atoms with Gasteiger partial charge in [-0.3, -0.25) is 9.59 Å². The third-order valence-electron chi connectivity index (χ3n) is 4.99. The molecule has 1 heterocycles. The van der Waals surface area contributed by atoms with Crippen molar-refractivity contribution in [1.29, 1.82) is 0 Å². The van der Waals surface area contributed by atoms with Crippen molar-refractivity contribution < 1.29 is 14.7 Å². The Morgan fingerprint density at radius 3 is 2.26 bits per heavy atom. The maximum Gasteiger partial charge on any atom is 0.306 e. The van der Waals surface area contributed by atoms with Crippen LogP contribution in [0.4, 0.5) is 0 Å². The minimum atomic E-state index is -0.730. The van der Waals surface area contributed by atoms with E-state index in [1.165, 1.54) is 0 Å². The molecule has 0 spiro atoms. The van der Waals surface area contributed by atoms with Crippen molar-refractivity contribution in [3.05, 3.63) is 30.3 Å². The SMILES string of the molecule is O=C(O)C1CCN(C(=O)C2(Sc3ccccc3)CCCC2)CC1. The Morgan fingerprint density at radius 1 is 1.09 bits per heavy atom. The van der Waals surface area contributed by atoms with Crippen molar-refractivity contribution in [3.63, 3.8) is 0 Å². The van der Waals surface area contributed by atoms with E-state index in [1.54, 1.807) is 11.8 Å². The molecule has 1 aromatic rings. The number of carboxylic acids is 1. The third-order valence-corrected chi connectivity index (χ3v) is 6.47. The first kappa shape index (κ1) is 16.4. The van der Waals surface area contributed by atoms with Gasteiger partial charge in [-0.2, -0.15) is 0 Å². The van der Waals surface area contributed by atoms with Crippen molar-refractivity contribution in [2.75, 3.05) is 13.1 Å². The van der Waals surface area contributed by atoms with Gasteiger partial charge in [0.2, 0.25) is 5.91 Å². The van der Waals surface area contributed by atoms with E-state index in [4.69, 9.17) is 5.11 Å². The summed E-state index contributed by atoms with van der Waals surface area (Å²) in [6.07, 6.45) is 5.18. The number of hydrogen-bond donors (Lipinski definition) is 1. The zero-order chi connectivity index (χ0) is 16.3. The van der Waals surface area contributed by atoms with Gasteiger partial charge in [0.05, 0.1) is 10.7 Å². The number of rotatable bonds is 4. The van der Waals surface area contributed by atoms with Crippen LogP contribution in [0.5, 0.6) is 0 Å². The lowest BCUT2D eigenvalue weighted by molar-refractivity contribution is -0.146. The molecule has 0 aromatic heterocycles. The average molecular weight is 333 g/mol. The van der Waals surface area contributed by atoms with Gasteiger partial charge in [-0.1, -0.05) is 31.0 Å². The summed E-state index contributed by atoms with van der Waals surface area (Å²) in [5.74, 6) is -0.806. The summed E-state index contributed by atoms with van der Waals surface area (Å²) >= 11 is 1.70. The Balaban J connectivity index is 1.71. The van der Waals surface area contributed by atoms with Crippen molar-refractivity contribution in [3.8, 4) is 0 Å². The van der Waals surface area contributed by atoms with E-state index in [0.29, 0.717) is 25.9 Å². The van der Waals surface area contributed by atoms with Crippen LogP contribution < -0.4 is 0 Å². The van der Waals surface area contributed by atoms with Gasteiger partial charge >= 0.3 is 5.97 Å². The molecular weight excluding hydrogens is 310 g/mol. The zero-order valence-electron chi connectivity index (χ0n) is 13.2. The molecule has 3 rings (SSSR count). The van der Waals surface area contributed by atoms with Gasteiger partial charge in [0, 0.05) is 18.0 Å². The van der Waals surface area contributed by atoms with Crippen LogP contribution in [-0.2, 0) is 9.59 Å². The van der Waals surface area contributed by atoms with E-state index in [0.717, 1.165) is 30.6 Å². The zero-order valence-corrected chi connectivity index (χ0v) is 14.1. The largest absolute Gasteiger partial charge is 0.481 e. The predicted octanol–water partition coefficient (Wildman–Crippen LogP) is 3.41. The van der Waals surface area contributed by atoms with E-state index < -0.39 is 5.97 Å². The van der Waals surface area contributed by atoms with E-state index in [2.05, 4.69) is 12.1 Å². The highest BCUT2D eigenvalue weighted by molar-refractivity contribution is 8.01. The number of carboxylic acid groups (broad SMARTS) is 1. The number of likely N-dealkylation sites (tertiary alicyclic amines) is 1. The Bertz CT molecular complexity index is 561. The van der Waals surface area contributed by atoms with E-state index in [1.807, 2.05) is 23.1 Å². The molecule has 1 N–H and O–H groups in total. The first-order chi connectivity index (χ1) is 11.1. The number of aliphatic carboxylic acids is 1. The van der Waals surface area contributed by atoms with Gasteiger partial charge < -0.3 is 10.0 Å². The quantitative estimate of drug-likeness (QED) is 0.917. The van der Waals surface area contributed by atoms with E-state index >= 15 is 0 Å². The first-order valence-electron chi connectivity index (χ1n) is 8.37. The van der Waals surface area contributed by atoms with Gasteiger partial charge in [0.1, 0.15) is 0 Å². The van der Waals surface area contributed by atoms with E-state index in [-0.39, 0.29) is 16.6 Å². The van der Waals surface area contributed by atoms with Crippen LogP contribution in [0, 0.1) is 5.92 Å². The van der Waals surface area contributed by atoms with Crippen LogP contribution in [0.25, 0.3) is 0 Å². The van der Waals surface area contributed by atoms with Crippen LogP contribution in [0.1, 0.15) is 38.5 Å². The normalized spacial score (nSPS) is 21.3. The molecule has 23 heavy (non-hydrogen) atoms. The lowest BCUT2D eigenvalue weighted by Gasteiger charge is -2.37. The molecule has 5 heteroatoms. The first-order valence-corrected chi connectivity index (χ1v) is 9.19. The lowest BCUT2D eigenvalue weighted by Crippen LogP contribution is -2.49. The average Bonchev–Trinajstić information content (AvgIpc) is 3.05. The molecule has 2 fully saturated rings. The second-order valence-corrected chi connectivity index (χ2v) is 7.98. The Kier molecular flexibility index (Phi) is 4.95. The van der Waals surface area contributed by atoms with Gasteiger partial charge in [0.15, 0.2) is 0 Å². The summed E-state index contributed by atoms with van der Waals surface area (Å²) in [6.45, 7) is 1.15. The van der Waals surface area contributed by atoms with Crippen molar-refractivity contribution in [2.45, 2.75) is 48.2 Å². The molecular formula is C18H23NO3S. The molecule has 0 atom stereocenters. The molecule has 1 aromatic carbocycles. The van der Waals surface area contributed by atoms with Crippen LogP contribution in [0.2, 0.25) is 0 Å². The fourth-order valence-corrected chi connectivity index (χ4v) is 5.09. The predicted molar refractivity (Wildman–Crippen MR) is 90.4 cm³/mol. The second-order valence-electron chi connectivity index (χ2n) is 6.52. The highest BCUT2D eigenvalue weighted by Gasteiger charge is 2.45. The number of carbonyl (C=O) groups is 2. The molecule has 0 unspecified atom stereocenters. The summed E-state index contributed by atoms with van der Waals surface area (Å²) in [5.41, 5.74) is 0. The summed E-state index contributed by atoms with van der Waals surface area (Å²) < 4.78 is -0.350. The van der Waals surface area contributed by atoms with Crippen LogP contribution in [0.3, 0.4) is 0 Å². The van der Waals surface area contributed by atoms with Gasteiger partial charge in [0.25, 0.3) is 0 Å². The van der Waals surface area contributed by atoms with Crippen molar-refractivity contribution in [1.82, 2.24) is 4.90 Å². The molecule has 1 aliphatic carbocycles. The molecule has 2 aliphatic rings. The number of carbonyl (C=O) groups excluding carboxylic acids is 1. The Morgan fingerprint density at radius 2 is 1.70 bits per heavy atom. The van der Waals surface area contributed by atoms with Crippen LogP contribution >= 0.6 is 11.8 Å². The lowest BCUT2D eigenvalue weighted by atomic mass is 9.95. The number of nitrogens with zero attached hydrogens (tertiary/aromatic N) is 1. The standard InChI is InChI=1S/C18H23NO3S/c20-16(21)14-8-12-19(13-9-14)17(22)18(10-4-5-11-18)23-15-6-2-1-3-7-15/h1-3,6-7,14H,4-5,8-13H2,(H,20,21). The minimum Gasteiger partial charge on any atom is -0.481 e. The van der Waals surface area contributed by atoms with Crippen LogP contribution in [-0.4, -0.2) is 39.7 Å². The number of benzene rings is 1. The fraction of sp³-hybridized carbons (Fsp3) is 0.556. The topological polar surface area (TPSA) is 57.6 Å². The second kappa shape index (κ2) is 6.95. The molecule has 1 saturated carbocycles. The summed E-state index contributed by atoms with van der Waals surface area (Å²) in [4.78, 5) is 27.3.